The molecule has 1 aliphatic heterocycles. The van der Waals surface area contributed by atoms with Gasteiger partial charge in [0.05, 0.1) is 0 Å². The minimum Gasteiger partial charge on any atom is -0.369 e. The first kappa shape index (κ1) is 17.9. The van der Waals surface area contributed by atoms with E-state index < -0.39 is 0 Å². The maximum absolute atomic E-state index is 12.0. The van der Waals surface area contributed by atoms with E-state index in [1.54, 1.807) is 18.3 Å². The molecule has 1 amide bonds. The molecule has 26 heavy (non-hydrogen) atoms. The Hall–Kier alpha value is -2.93. The summed E-state index contributed by atoms with van der Waals surface area (Å²) in [6.07, 6.45) is 3.19. The van der Waals surface area contributed by atoms with Crippen LogP contribution >= 0.6 is 0 Å². The number of carbonyl (C=O) groups excluding carboxylic acids is 1. The summed E-state index contributed by atoms with van der Waals surface area (Å²) in [5.74, 6) is 0.143. The maximum atomic E-state index is 12.0. The fourth-order valence-electron chi connectivity index (χ4n) is 2.75. The number of likely N-dealkylation sites (N-methyl/N-ethyl adjacent to an activating group) is 1. The molecular formula is C19H24N6O. The van der Waals surface area contributed by atoms with Crippen LogP contribution in [-0.2, 0) is 0 Å². The summed E-state index contributed by atoms with van der Waals surface area (Å²) in [7, 11) is 2.15. The highest BCUT2D eigenvalue weighted by Gasteiger charge is 2.14. The Morgan fingerprint density at radius 3 is 2.62 bits per heavy atom. The minimum absolute atomic E-state index is 0.249. The van der Waals surface area contributed by atoms with E-state index in [9.17, 15) is 4.79 Å². The summed E-state index contributed by atoms with van der Waals surface area (Å²) in [5, 5.41) is 5.85. The molecule has 0 saturated carbocycles. The van der Waals surface area contributed by atoms with Crippen LogP contribution in [-0.4, -0.2) is 60.5 Å². The molecule has 2 heterocycles. The van der Waals surface area contributed by atoms with Crippen molar-refractivity contribution in [2.24, 2.45) is 0 Å². The lowest BCUT2D eigenvalue weighted by atomic mass is 10.2. The number of amides is 1. The SMILES string of the molecule is C=CCNC(=O)c1ccnc(Nc2ccc(N3CCN(C)CC3)cc2)n1. The average Bonchev–Trinajstić information content (AvgIpc) is 2.67. The number of rotatable bonds is 6. The van der Waals surface area contributed by atoms with Gasteiger partial charge in [0.25, 0.3) is 5.91 Å². The van der Waals surface area contributed by atoms with Crippen LogP contribution in [0.15, 0.2) is 49.2 Å². The Morgan fingerprint density at radius 2 is 1.92 bits per heavy atom. The standard InChI is InChI=1S/C19H24N6O/c1-3-9-20-18(26)17-8-10-21-19(23-17)22-15-4-6-16(7-5-15)25-13-11-24(2)12-14-25/h3-8,10H,1,9,11-14H2,2H3,(H,20,26)(H,21,22,23). The summed E-state index contributed by atoms with van der Waals surface area (Å²) in [5.41, 5.74) is 2.41. The van der Waals surface area contributed by atoms with Gasteiger partial charge in [0.2, 0.25) is 5.95 Å². The smallest absolute Gasteiger partial charge is 0.270 e. The second-order valence-electron chi connectivity index (χ2n) is 6.23. The van der Waals surface area contributed by atoms with Crippen LogP contribution in [0.2, 0.25) is 0 Å². The van der Waals surface area contributed by atoms with Gasteiger partial charge in [0.15, 0.2) is 0 Å². The van der Waals surface area contributed by atoms with E-state index in [4.69, 9.17) is 0 Å². The number of aromatic nitrogens is 2. The maximum Gasteiger partial charge on any atom is 0.270 e. The van der Waals surface area contributed by atoms with E-state index >= 15 is 0 Å². The van der Waals surface area contributed by atoms with Crippen molar-refractivity contribution in [2.75, 3.05) is 50.0 Å². The van der Waals surface area contributed by atoms with E-state index in [1.807, 2.05) is 12.1 Å². The zero-order chi connectivity index (χ0) is 18.4. The van der Waals surface area contributed by atoms with Crippen LogP contribution in [0, 0.1) is 0 Å². The first-order valence-corrected chi connectivity index (χ1v) is 8.68. The molecule has 7 heteroatoms. The molecule has 3 rings (SSSR count). The molecule has 0 bridgehead atoms. The molecule has 136 valence electrons. The van der Waals surface area contributed by atoms with Crippen molar-refractivity contribution in [1.82, 2.24) is 20.2 Å². The molecule has 1 aromatic carbocycles. The molecule has 1 fully saturated rings. The van der Waals surface area contributed by atoms with Crippen molar-refractivity contribution >= 4 is 23.2 Å². The van der Waals surface area contributed by atoms with E-state index in [0.717, 1.165) is 31.9 Å². The van der Waals surface area contributed by atoms with Crippen molar-refractivity contribution in [3.63, 3.8) is 0 Å². The van der Waals surface area contributed by atoms with Gasteiger partial charge in [-0.3, -0.25) is 4.79 Å². The third-order valence-electron chi connectivity index (χ3n) is 4.29. The lowest BCUT2D eigenvalue weighted by Gasteiger charge is -2.34. The molecule has 0 unspecified atom stereocenters. The van der Waals surface area contributed by atoms with Crippen molar-refractivity contribution in [1.29, 1.82) is 0 Å². The lowest BCUT2D eigenvalue weighted by Crippen LogP contribution is -2.44. The number of anilines is 3. The highest BCUT2D eigenvalue weighted by Crippen LogP contribution is 2.20. The van der Waals surface area contributed by atoms with Crippen LogP contribution in [0.3, 0.4) is 0 Å². The fraction of sp³-hybridized carbons (Fsp3) is 0.316. The third-order valence-corrected chi connectivity index (χ3v) is 4.29. The largest absolute Gasteiger partial charge is 0.369 e. The molecule has 2 N–H and O–H groups in total. The van der Waals surface area contributed by atoms with Gasteiger partial charge in [-0.15, -0.1) is 6.58 Å². The molecule has 0 radical (unpaired) electrons. The topological polar surface area (TPSA) is 73.4 Å². The quantitative estimate of drug-likeness (QED) is 0.774. The highest BCUT2D eigenvalue weighted by molar-refractivity contribution is 5.92. The molecule has 0 atom stereocenters. The number of hydrogen-bond donors (Lipinski definition) is 2. The van der Waals surface area contributed by atoms with Gasteiger partial charge in [-0.05, 0) is 37.4 Å². The van der Waals surface area contributed by atoms with Gasteiger partial charge in [0, 0.05) is 50.3 Å². The summed E-state index contributed by atoms with van der Waals surface area (Å²) in [6.45, 7) is 8.21. The van der Waals surface area contributed by atoms with Crippen molar-refractivity contribution in [2.45, 2.75) is 0 Å². The summed E-state index contributed by atoms with van der Waals surface area (Å²) in [6, 6.07) is 9.77. The van der Waals surface area contributed by atoms with E-state index in [1.165, 1.54) is 5.69 Å². The van der Waals surface area contributed by atoms with Crippen LogP contribution < -0.4 is 15.5 Å². The first-order valence-electron chi connectivity index (χ1n) is 8.68. The fourth-order valence-corrected chi connectivity index (χ4v) is 2.75. The van der Waals surface area contributed by atoms with Crippen molar-refractivity contribution in [3.05, 3.63) is 54.9 Å². The van der Waals surface area contributed by atoms with Gasteiger partial charge in [-0.25, -0.2) is 9.97 Å². The van der Waals surface area contributed by atoms with Gasteiger partial charge in [-0.1, -0.05) is 6.08 Å². The van der Waals surface area contributed by atoms with Gasteiger partial charge >= 0.3 is 0 Å². The zero-order valence-electron chi connectivity index (χ0n) is 15.0. The van der Waals surface area contributed by atoms with E-state index in [0.29, 0.717) is 18.2 Å². The van der Waals surface area contributed by atoms with Gasteiger partial charge in [0.1, 0.15) is 5.69 Å². The van der Waals surface area contributed by atoms with Crippen LogP contribution in [0.5, 0.6) is 0 Å². The summed E-state index contributed by atoms with van der Waals surface area (Å²) >= 11 is 0. The Kier molecular flexibility index (Phi) is 5.80. The van der Waals surface area contributed by atoms with Crippen molar-refractivity contribution < 1.29 is 4.79 Å². The second-order valence-corrected chi connectivity index (χ2v) is 6.23. The monoisotopic (exact) mass is 352 g/mol. The lowest BCUT2D eigenvalue weighted by molar-refractivity contribution is 0.0953. The Labute approximate surface area is 153 Å². The van der Waals surface area contributed by atoms with E-state index in [-0.39, 0.29) is 5.91 Å². The number of carbonyl (C=O) groups is 1. The van der Waals surface area contributed by atoms with Gasteiger partial charge < -0.3 is 20.4 Å². The molecule has 1 aliphatic rings. The van der Waals surface area contributed by atoms with Crippen LogP contribution in [0.4, 0.5) is 17.3 Å². The van der Waals surface area contributed by atoms with Crippen molar-refractivity contribution in [3.8, 4) is 0 Å². The zero-order valence-corrected chi connectivity index (χ0v) is 15.0. The molecule has 7 nitrogen and oxygen atoms in total. The third kappa shape index (κ3) is 4.58. The Balaban J connectivity index is 1.64. The van der Waals surface area contributed by atoms with Crippen LogP contribution in [0.1, 0.15) is 10.5 Å². The molecular weight excluding hydrogens is 328 g/mol. The predicted octanol–water partition coefficient (Wildman–Crippen LogP) is 1.89. The molecule has 0 aliphatic carbocycles. The minimum atomic E-state index is -0.249. The number of nitrogens with zero attached hydrogens (tertiary/aromatic N) is 4. The number of piperazine rings is 1. The summed E-state index contributed by atoms with van der Waals surface area (Å²) < 4.78 is 0. The highest BCUT2D eigenvalue weighted by atomic mass is 16.1. The molecule has 0 spiro atoms. The van der Waals surface area contributed by atoms with Gasteiger partial charge in [-0.2, -0.15) is 0 Å². The Bertz CT molecular complexity index is 753. The average molecular weight is 352 g/mol. The molecule has 1 saturated heterocycles. The summed E-state index contributed by atoms with van der Waals surface area (Å²) in [4.78, 5) is 25.1. The first-order chi connectivity index (χ1) is 12.7. The normalized spacial score (nSPS) is 14.7. The number of hydrogen-bond acceptors (Lipinski definition) is 6. The molecule has 2 aromatic rings. The van der Waals surface area contributed by atoms with Crippen LogP contribution in [0.25, 0.3) is 0 Å². The Morgan fingerprint density at radius 1 is 1.19 bits per heavy atom. The molecule has 1 aromatic heterocycles. The second kappa shape index (κ2) is 8.44. The number of benzene rings is 1. The predicted molar refractivity (Wildman–Crippen MR) is 104 cm³/mol. The number of nitrogens with one attached hydrogen (secondary N) is 2. The van der Waals surface area contributed by atoms with E-state index in [2.05, 4.69) is 56.2 Å².